The highest BCUT2D eigenvalue weighted by atomic mass is 35.5. The fraction of sp³-hybridized carbons (Fsp3) is 0.333. The van der Waals surface area contributed by atoms with E-state index in [1.807, 2.05) is 32.0 Å². The molecule has 3 rings (SSSR count). The molecule has 2 aromatic carbocycles. The molecule has 1 aromatic heterocycles. The Kier molecular flexibility index (Phi) is 6.45. The number of hydrogen-bond donors (Lipinski definition) is 0. The van der Waals surface area contributed by atoms with Crippen molar-refractivity contribution in [1.29, 1.82) is 0 Å². The Hall–Kier alpha value is -1.98. The lowest BCUT2D eigenvalue weighted by molar-refractivity contribution is 0.208. The van der Waals surface area contributed by atoms with Crippen molar-refractivity contribution < 1.29 is 4.74 Å². The Morgan fingerprint density at radius 3 is 2.67 bits per heavy atom. The number of ether oxygens (including phenoxy) is 1. The van der Waals surface area contributed by atoms with Crippen molar-refractivity contribution in [3.05, 3.63) is 70.0 Å². The lowest BCUT2D eigenvalue weighted by atomic mass is 10.2. The molecule has 4 nitrogen and oxygen atoms in total. The standard InChI is InChI=1S/C21H24ClN3OS/c1-5-25-20(16(4)26-19-10-9-18(22)12-15(19)3)23-24-21(25)27-13-17-8-6-7-14(2)11-17/h6-12,16H,5,13H2,1-4H3. The third kappa shape index (κ3) is 4.85. The molecular formula is C21H24ClN3OS. The minimum absolute atomic E-state index is 0.203. The summed E-state index contributed by atoms with van der Waals surface area (Å²) < 4.78 is 8.25. The number of thioether (sulfide) groups is 1. The molecule has 1 heterocycles. The SMILES string of the molecule is CCn1c(SCc2cccc(C)c2)nnc1C(C)Oc1ccc(Cl)cc1C. The second kappa shape index (κ2) is 8.81. The van der Waals surface area contributed by atoms with Gasteiger partial charge in [0.05, 0.1) is 0 Å². The van der Waals surface area contributed by atoms with Crippen LogP contribution in [0.15, 0.2) is 47.6 Å². The van der Waals surface area contributed by atoms with E-state index < -0.39 is 0 Å². The molecule has 0 saturated carbocycles. The van der Waals surface area contributed by atoms with Crippen LogP contribution in [0, 0.1) is 13.8 Å². The number of benzene rings is 2. The second-order valence-corrected chi connectivity index (χ2v) is 7.91. The van der Waals surface area contributed by atoms with Gasteiger partial charge in [-0.1, -0.05) is 53.2 Å². The molecular weight excluding hydrogens is 378 g/mol. The van der Waals surface area contributed by atoms with Gasteiger partial charge in [0.15, 0.2) is 17.1 Å². The summed E-state index contributed by atoms with van der Waals surface area (Å²) in [4.78, 5) is 0. The van der Waals surface area contributed by atoms with Gasteiger partial charge in [0.25, 0.3) is 0 Å². The van der Waals surface area contributed by atoms with Gasteiger partial charge in [0, 0.05) is 17.3 Å². The summed E-state index contributed by atoms with van der Waals surface area (Å²) in [6.45, 7) is 9.00. The minimum Gasteiger partial charge on any atom is -0.482 e. The summed E-state index contributed by atoms with van der Waals surface area (Å²) in [6, 6.07) is 14.2. The van der Waals surface area contributed by atoms with Crippen LogP contribution in [0.4, 0.5) is 0 Å². The van der Waals surface area contributed by atoms with Crippen molar-refractivity contribution in [2.75, 3.05) is 0 Å². The molecule has 1 atom stereocenters. The van der Waals surface area contributed by atoms with Gasteiger partial charge in [0.2, 0.25) is 0 Å². The average molecular weight is 402 g/mol. The molecule has 6 heteroatoms. The summed E-state index contributed by atoms with van der Waals surface area (Å²) in [5.74, 6) is 2.51. The van der Waals surface area contributed by atoms with Gasteiger partial charge in [-0.05, 0) is 57.0 Å². The third-order valence-corrected chi connectivity index (χ3v) is 5.59. The van der Waals surface area contributed by atoms with Crippen LogP contribution in [-0.4, -0.2) is 14.8 Å². The zero-order valence-corrected chi connectivity index (χ0v) is 17.6. The molecule has 0 aliphatic heterocycles. The van der Waals surface area contributed by atoms with Crippen molar-refractivity contribution in [2.24, 2.45) is 0 Å². The van der Waals surface area contributed by atoms with Crippen molar-refractivity contribution in [3.63, 3.8) is 0 Å². The quantitative estimate of drug-likeness (QED) is 0.455. The molecule has 0 aliphatic carbocycles. The van der Waals surface area contributed by atoms with Crippen molar-refractivity contribution in [3.8, 4) is 5.75 Å². The Morgan fingerprint density at radius 2 is 1.96 bits per heavy atom. The van der Waals surface area contributed by atoms with Crippen LogP contribution in [-0.2, 0) is 12.3 Å². The number of rotatable bonds is 7. The molecule has 3 aromatic rings. The lowest BCUT2D eigenvalue weighted by Gasteiger charge is -2.17. The van der Waals surface area contributed by atoms with Crippen molar-refractivity contribution >= 4 is 23.4 Å². The Bertz CT molecular complexity index is 926. The van der Waals surface area contributed by atoms with Crippen LogP contribution < -0.4 is 4.74 Å². The van der Waals surface area contributed by atoms with E-state index in [9.17, 15) is 0 Å². The van der Waals surface area contributed by atoms with E-state index in [0.717, 1.165) is 34.6 Å². The van der Waals surface area contributed by atoms with Crippen molar-refractivity contribution in [2.45, 2.75) is 51.3 Å². The first-order valence-electron chi connectivity index (χ1n) is 9.02. The van der Waals surface area contributed by atoms with E-state index in [4.69, 9.17) is 16.3 Å². The number of halogens is 1. The third-order valence-electron chi connectivity index (χ3n) is 4.32. The van der Waals surface area contributed by atoms with Crippen LogP contribution in [0.1, 0.15) is 42.5 Å². The maximum Gasteiger partial charge on any atom is 0.191 e. The number of aromatic nitrogens is 3. The highest BCUT2D eigenvalue weighted by Gasteiger charge is 2.19. The minimum atomic E-state index is -0.203. The molecule has 1 unspecified atom stereocenters. The van der Waals surface area contributed by atoms with Crippen LogP contribution >= 0.6 is 23.4 Å². The monoisotopic (exact) mass is 401 g/mol. The summed E-state index contributed by atoms with van der Waals surface area (Å²) in [7, 11) is 0. The predicted molar refractivity (Wildman–Crippen MR) is 112 cm³/mol. The van der Waals surface area contributed by atoms with E-state index in [1.165, 1.54) is 11.1 Å². The highest BCUT2D eigenvalue weighted by molar-refractivity contribution is 7.98. The topological polar surface area (TPSA) is 39.9 Å². The predicted octanol–water partition coefficient (Wildman–Crippen LogP) is 6.00. The average Bonchev–Trinajstić information content (AvgIpc) is 3.05. The number of nitrogens with zero attached hydrogens (tertiary/aromatic N) is 3. The molecule has 0 spiro atoms. The lowest BCUT2D eigenvalue weighted by Crippen LogP contribution is -2.12. The summed E-state index contributed by atoms with van der Waals surface area (Å²) in [5.41, 5.74) is 3.56. The zero-order chi connectivity index (χ0) is 19.4. The first kappa shape index (κ1) is 19.8. The van der Waals surface area contributed by atoms with Gasteiger partial charge in [-0.3, -0.25) is 0 Å². The molecule has 0 fully saturated rings. The fourth-order valence-electron chi connectivity index (χ4n) is 2.94. The number of aryl methyl sites for hydroxylation is 2. The first-order chi connectivity index (χ1) is 13.0. The van der Waals surface area contributed by atoms with E-state index in [-0.39, 0.29) is 6.10 Å². The van der Waals surface area contributed by atoms with Gasteiger partial charge in [-0.2, -0.15) is 0 Å². The molecule has 142 valence electrons. The molecule has 0 bridgehead atoms. The Labute approximate surface area is 169 Å². The van der Waals surface area contributed by atoms with E-state index in [0.29, 0.717) is 5.02 Å². The molecule has 0 radical (unpaired) electrons. The van der Waals surface area contributed by atoms with Gasteiger partial charge in [-0.25, -0.2) is 0 Å². The summed E-state index contributed by atoms with van der Waals surface area (Å²) >= 11 is 7.73. The molecule has 0 amide bonds. The highest BCUT2D eigenvalue weighted by Crippen LogP contribution is 2.29. The van der Waals surface area contributed by atoms with Crippen LogP contribution in [0.3, 0.4) is 0 Å². The van der Waals surface area contributed by atoms with E-state index in [1.54, 1.807) is 11.8 Å². The van der Waals surface area contributed by atoms with E-state index in [2.05, 4.69) is 52.9 Å². The largest absolute Gasteiger partial charge is 0.482 e. The maximum atomic E-state index is 6.13. The summed E-state index contributed by atoms with van der Waals surface area (Å²) in [6.07, 6.45) is -0.203. The molecule has 0 N–H and O–H groups in total. The van der Waals surface area contributed by atoms with Gasteiger partial charge in [0.1, 0.15) is 5.75 Å². The van der Waals surface area contributed by atoms with Crippen LogP contribution in [0.2, 0.25) is 5.02 Å². The Balaban J connectivity index is 1.74. The van der Waals surface area contributed by atoms with Gasteiger partial charge in [-0.15, -0.1) is 10.2 Å². The van der Waals surface area contributed by atoms with Gasteiger partial charge < -0.3 is 9.30 Å². The fourth-order valence-corrected chi connectivity index (χ4v) is 4.12. The smallest absolute Gasteiger partial charge is 0.191 e. The second-order valence-electron chi connectivity index (χ2n) is 6.53. The normalized spacial score (nSPS) is 12.2. The molecule has 0 saturated heterocycles. The van der Waals surface area contributed by atoms with Crippen molar-refractivity contribution in [1.82, 2.24) is 14.8 Å². The van der Waals surface area contributed by atoms with E-state index >= 15 is 0 Å². The Morgan fingerprint density at radius 1 is 1.15 bits per heavy atom. The molecule has 27 heavy (non-hydrogen) atoms. The van der Waals surface area contributed by atoms with Crippen LogP contribution in [0.5, 0.6) is 5.75 Å². The maximum absolute atomic E-state index is 6.13. The van der Waals surface area contributed by atoms with Gasteiger partial charge >= 0.3 is 0 Å². The first-order valence-corrected chi connectivity index (χ1v) is 10.4. The summed E-state index contributed by atoms with van der Waals surface area (Å²) in [5, 5.41) is 10.4. The molecule has 0 aliphatic rings. The number of hydrogen-bond acceptors (Lipinski definition) is 4. The van der Waals surface area contributed by atoms with Crippen LogP contribution in [0.25, 0.3) is 0 Å². The zero-order valence-electron chi connectivity index (χ0n) is 16.1.